The van der Waals surface area contributed by atoms with Crippen molar-refractivity contribution in [3.05, 3.63) is 0 Å². The number of hydrogen-bond acceptors (Lipinski definition) is 3. The van der Waals surface area contributed by atoms with Crippen LogP contribution in [-0.2, 0) is 4.79 Å². The molecule has 0 amide bonds. The first-order valence-corrected chi connectivity index (χ1v) is 3.93. The van der Waals surface area contributed by atoms with E-state index < -0.39 is 5.97 Å². The third kappa shape index (κ3) is 4.95. The molecule has 0 aliphatic rings. The first-order chi connectivity index (χ1) is 6.11. The van der Waals surface area contributed by atoms with Crippen LogP contribution in [0.15, 0.2) is 0 Å². The maximum atomic E-state index is 10.4. The summed E-state index contributed by atoms with van der Waals surface area (Å²) < 4.78 is 0. The highest BCUT2D eigenvalue weighted by molar-refractivity contribution is 7.80. The second-order valence-corrected chi connectivity index (χ2v) is 2.59. The summed E-state index contributed by atoms with van der Waals surface area (Å²) in [6.07, 6.45) is 0.231. The normalized spacial score (nSPS) is 8.62. The van der Waals surface area contributed by atoms with Gasteiger partial charge >= 0.3 is 5.97 Å². The molecule has 13 heavy (non-hydrogen) atoms. The molecule has 0 fully saturated rings. The monoisotopic (exact) mass is 203 g/mol. The molecule has 72 valence electrons. The molecule has 0 aliphatic heterocycles. The number of nitriles is 1. The summed E-state index contributed by atoms with van der Waals surface area (Å²) in [5, 5.41) is 17.0. The molecule has 0 aromatic rings. The van der Waals surface area contributed by atoms with Crippen LogP contribution >= 0.6 is 12.2 Å². The lowest BCUT2D eigenvalue weighted by atomic mass is 10.4. The van der Waals surface area contributed by atoms with Crippen LogP contribution in [0.2, 0.25) is 0 Å². The molecule has 0 saturated heterocycles. The highest BCUT2D eigenvalue weighted by atomic mass is 32.1. The molecule has 0 aromatic heterocycles. The lowest BCUT2D eigenvalue weighted by Gasteiger charge is -2.19. The van der Waals surface area contributed by atoms with Crippen LogP contribution in [0.5, 0.6) is 0 Å². The number of carbonyl (C=O) groups is 1. The number of nitrogens with zero attached hydrogens (tertiary/aromatic N) is 2. The molecule has 0 spiro atoms. The summed E-state index contributed by atoms with van der Waals surface area (Å²) in [5.41, 5.74) is 2.41. The molecule has 0 atom stereocenters. The first-order valence-electron chi connectivity index (χ1n) is 3.52. The number of nitrogens with one attached hydrogen (secondary N) is 1. The van der Waals surface area contributed by atoms with Crippen LogP contribution in [0.3, 0.4) is 0 Å². The predicted octanol–water partition coefficient (Wildman–Crippen LogP) is -1.68. The summed E-state index contributed by atoms with van der Waals surface area (Å²) in [7, 11) is 0. The van der Waals surface area contributed by atoms with E-state index in [4.69, 9.17) is 22.6 Å². The third-order valence-electron chi connectivity index (χ3n) is 1.26. The van der Waals surface area contributed by atoms with Crippen molar-refractivity contribution in [2.45, 2.75) is 6.42 Å². The zero-order valence-electron chi connectivity index (χ0n) is 6.99. The number of carboxylic acid groups (broad SMARTS) is 1. The molecule has 0 radical (unpaired) electrons. The second kappa shape index (κ2) is 6.16. The Morgan fingerprint density at radius 3 is 2.77 bits per heavy atom. The average molecular weight is 203 g/mol. The minimum absolute atomic E-state index is 0.219. The van der Waals surface area contributed by atoms with Gasteiger partial charge in [-0.3, -0.25) is 10.6 Å². The zero-order chi connectivity index (χ0) is 10.3. The van der Waals surface area contributed by atoms with Crippen molar-refractivity contribution >= 4 is 23.3 Å². The van der Waals surface area contributed by atoms with Gasteiger partial charge in [0.2, 0.25) is 5.11 Å². The Kier molecular flexibility index (Phi) is 5.50. The smallest absolute Gasteiger partial charge is 0.323 e. The maximum Gasteiger partial charge on any atom is 0.323 e. The van der Waals surface area contributed by atoms with Crippen molar-refractivity contribution in [2.24, 2.45) is 0 Å². The number of thiocarbonyl (C=S) groups is 1. The highest BCUT2D eigenvalue weighted by Gasteiger charge is 2.12. The van der Waals surface area contributed by atoms with Crippen LogP contribution < -0.4 is 11.3 Å². The van der Waals surface area contributed by atoms with Crippen LogP contribution in [0.25, 0.3) is 0 Å². The van der Waals surface area contributed by atoms with Crippen molar-refractivity contribution in [3.8, 4) is 6.07 Å². The molecule has 0 saturated carbocycles. The van der Waals surface area contributed by atoms with Gasteiger partial charge in [-0.05, 0) is 12.2 Å². The van der Waals surface area contributed by atoms with E-state index in [0.29, 0.717) is 6.54 Å². The highest BCUT2D eigenvalue weighted by Crippen LogP contribution is 1.91. The number of carboxylic acids is 1. The Bertz CT molecular complexity index is 237. The quantitative estimate of drug-likeness (QED) is 0.372. The summed E-state index contributed by atoms with van der Waals surface area (Å²) in [5.74, 6) is 2.32. The fourth-order valence-corrected chi connectivity index (χ4v) is 0.868. The minimum Gasteiger partial charge on any atom is -0.480 e. The number of aliphatic carboxylic acids is 1. The van der Waals surface area contributed by atoms with E-state index in [-0.39, 0.29) is 18.1 Å². The van der Waals surface area contributed by atoms with Gasteiger partial charge in [-0.15, -0.1) is 0 Å². The Morgan fingerprint density at radius 2 is 2.38 bits per heavy atom. The third-order valence-corrected chi connectivity index (χ3v) is 1.66. The molecule has 5 N–H and O–H groups in total. The van der Waals surface area contributed by atoms with E-state index in [1.54, 1.807) is 0 Å². The maximum absolute atomic E-state index is 10.4. The molecule has 0 aliphatic carbocycles. The Labute approximate surface area is 80.9 Å². The van der Waals surface area contributed by atoms with E-state index in [2.05, 4.69) is 11.3 Å². The lowest BCUT2D eigenvalue weighted by molar-refractivity contribution is -0.420. The van der Waals surface area contributed by atoms with Crippen molar-refractivity contribution < 1.29 is 15.7 Å². The zero-order valence-corrected chi connectivity index (χ0v) is 7.80. The number of rotatable bonds is 4. The van der Waals surface area contributed by atoms with E-state index in [1.807, 2.05) is 6.07 Å². The fraction of sp³-hybridized carbons (Fsp3) is 0.500. The minimum atomic E-state index is -0.990. The Morgan fingerprint density at radius 1 is 1.77 bits per heavy atom. The van der Waals surface area contributed by atoms with Gasteiger partial charge in [-0.25, -0.2) is 5.43 Å². The first kappa shape index (κ1) is 11.6. The van der Waals surface area contributed by atoms with Crippen molar-refractivity contribution in [3.63, 3.8) is 0 Å². The number of hydrogen-bond donors (Lipinski definition) is 3. The summed E-state index contributed by atoms with van der Waals surface area (Å²) >= 11 is 4.79. The largest absolute Gasteiger partial charge is 0.480 e. The van der Waals surface area contributed by atoms with E-state index in [9.17, 15) is 4.79 Å². The Hall–Kier alpha value is -1.39. The van der Waals surface area contributed by atoms with Crippen molar-refractivity contribution in [1.29, 1.82) is 5.26 Å². The van der Waals surface area contributed by atoms with E-state index >= 15 is 0 Å². The molecule has 0 unspecified atom stereocenters. The Balaban J connectivity index is 4.11. The molecular weight excluding hydrogens is 192 g/mol. The summed E-state index contributed by atoms with van der Waals surface area (Å²) in [4.78, 5) is 11.7. The van der Waals surface area contributed by atoms with Crippen LogP contribution in [0, 0.1) is 11.3 Å². The SMILES string of the molecule is N#CCCN(CC(=O)O)C(=S)N[NH3+]. The van der Waals surface area contributed by atoms with Crippen LogP contribution in [0.4, 0.5) is 0 Å². The van der Waals surface area contributed by atoms with Crippen LogP contribution in [0.1, 0.15) is 6.42 Å². The van der Waals surface area contributed by atoms with Gasteiger partial charge < -0.3 is 10.0 Å². The van der Waals surface area contributed by atoms with Crippen molar-refractivity contribution in [2.75, 3.05) is 13.1 Å². The van der Waals surface area contributed by atoms with Gasteiger partial charge in [0.05, 0.1) is 12.5 Å². The van der Waals surface area contributed by atoms with E-state index in [0.717, 1.165) is 0 Å². The van der Waals surface area contributed by atoms with Gasteiger partial charge in [-0.1, -0.05) is 0 Å². The lowest BCUT2D eigenvalue weighted by Crippen LogP contribution is -2.70. The molecular formula is C6H11N4O2S+. The molecule has 7 heteroatoms. The topological polar surface area (TPSA) is 104 Å². The van der Waals surface area contributed by atoms with E-state index in [1.165, 1.54) is 4.90 Å². The van der Waals surface area contributed by atoms with Gasteiger partial charge in [0.1, 0.15) is 6.54 Å². The number of quaternary nitrogens is 1. The van der Waals surface area contributed by atoms with Gasteiger partial charge in [0, 0.05) is 6.54 Å². The molecule has 6 nitrogen and oxygen atoms in total. The fourth-order valence-electron chi connectivity index (χ4n) is 0.712. The van der Waals surface area contributed by atoms with Gasteiger partial charge in [0.15, 0.2) is 0 Å². The molecule has 0 heterocycles. The van der Waals surface area contributed by atoms with Crippen molar-refractivity contribution in [1.82, 2.24) is 10.3 Å². The summed E-state index contributed by atoms with van der Waals surface area (Å²) in [6, 6.07) is 1.91. The predicted molar refractivity (Wildman–Crippen MR) is 48.1 cm³/mol. The average Bonchev–Trinajstić information content (AvgIpc) is 2.10. The molecule has 0 aromatic carbocycles. The van der Waals surface area contributed by atoms with Gasteiger partial charge in [0.25, 0.3) is 0 Å². The summed E-state index contributed by atoms with van der Waals surface area (Å²) in [6.45, 7) is 0.0766. The van der Waals surface area contributed by atoms with Crippen LogP contribution in [-0.4, -0.2) is 34.2 Å². The molecule has 0 rings (SSSR count). The second-order valence-electron chi connectivity index (χ2n) is 2.21. The standard InChI is InChI=1S/C6H10N4O2S/c7-2-1-3-10(4-5(11)12)6(13)9-8/h1,3-4,8H2,(H,9,13)(H,11,12)/p+1. The molecule has 0 bridgehead atoms. The van der Waals surface area contributed by atoms with Gasteiger partial charge in [-0.2, -0.15) is 5.26 Å².